The first-order valence-corrected chi connectivity index (χ1v) is 7.79. The molecule has 1 saturated heterocycles. The summed E-state index contributed by atoms with van der Waals surface area (Å²) in [7, 11) is 0. The van der Waals surface area contributed by atoms with Crippen molar-refractivity contribution in [3.63, 3.8) is 0 Å². The van der Waals surface area contributed by atoms with Crippen LogP contribution in [0.1, 0.15) is 11.1 Å². The van der Waals surface area contributed by atoms with Crippen LogP contribution in [0.2, 0.25) is 0 Å². The number of hydrogen-bond acceptors (Lipinski definition) is 3. The van der Waals surface area contributed by atoms with Gasteiger partial charge < -0.3 is 0 Å². The molecule has 0 bridgehead atoms. The molecule has 0 amide bonds. The molecule has 2 atom stereocenters. The first kappa shape index (κ1) is 12.6. The lowest BCUT2D eigenvalue weighted by molar-refractivity contribution is 0.565. The van der Waals surface area contributed by atoms with Crippen LogP contribution < -0.4 is 0 Å². The number of hydrogen-bond donors (Lipinski definition) is 0. The number of allylic oxidation sites excluding steroid dienone is 2. The molecule has 1 fully saturated rings. The molecular formula is C18H13NOS. The van der Waals surface area contributed by atoms with Crippen molar-refractivity contribution in [3.05, 3.63) is 65.8 Å². The lowest BCUT2D eigenvalue weighted by Crippen LogP contribution is -2.10. The van der Waals surface area contributed by atoms with E-state index in [1.165, 1.54) is 10.9 Å². The monoisotopic (exact) mass is 291 g/mol. The van der Waals surface area contributed by atoms with E-state index < -0.39 is 0 Å². The Labute approximate surface area is 127 Å². The summed E-state index contributed by atoms with van der Waals surface area (Å²) < 4.78 is 0.0597. The number of carbonyl (C=O) groups excluding carboxylic acids is 1. The molecule has 1 aliphatic heterocycles. The molecule has 0 N–H and O–H groups in total. The standard InChI is InChI=1S/C18H13NOS/c1-12-5-4-6-13-14(8-9-15(17(12)13)19-11-20)18-10-3-2-7-16(18)21-18/h2-10,16H,1H3. The fourth-order valence-corrected chi connectivity index (χ4v) is 4.48. The van der Waals surface area contributed by atoms with Gasteiger partial charge in [-0.05, 0) is 29.5 Å². The summed E-state index contributed by atoms with van der Waals surface area (Å²) in [5.41, 5.74) is 3.15. The normalized spacial score (nSPS) is 25.5. The molecule has 2 aromatic carbocycles. The van der Waals surface area contributed by atoms with Crippen molar-refractivity contribution in [3.8, 4) is 0 Å². The summed E-state index contributed by atoms with van der Waals surface area (Å²) >= 11 is 1.96. The van der Waals surface area contributed by atoms with Crippen LogP contribution in [-0.4, -0.2) is 11.3 Å². The molecule has 0 aromatic heterocycles. The van der Waals surface area contributed by atoms with Gasteiger partial charge in [0, 0.05) is 10.6 Å². The van der Waals surface area contributed by atoms with Gasteiger partial charge >= 0.3 is 0 Å². The van der Waals surface area contributed by atoms with Crippen molar-refractivity contribution < 1.29 is 4.79 Å². The SMILES string of the molecule is Cc1cccc2c(C34C=CC=CC3S4)ccc(N=C=O)c12. The van der Waals surface area contributed by atoms with E-state index in [-0.39, 0.29) is 4.75 Å². The summed E-state index contributed by atoms with van der Waals surface area (Å²) in [4.78, 5) is 14.5. The first-order chi connectivity index (χ1) is 10.3. The maximum absolute atomic E-state index is 10.7. The average molecular weight is 291 g/mol. The van der Waals surface area contributed by atoms with Crippen LogP contribution in [0.4, 0.5) is 5.69 Å². The lowest BCUT2D eigenvalue weighted by Gasteiger charge is -2.17. The highest BCUT2D eigenvalue weighted by Crippen LogP contribution is 2.65. The highest BCUT2D eigenvalue weighted by molar-refractivity contribution is 8.08. The lowest BCUT2D eigenvalue weighted by atomic mass is 9.87. The summed E-state index contributed by atoms with van der Waals surface area (Å²) in [5, 5.41) is 2.76. The Kier molecular flexibility index (Phi) is 2.68. The van der Waals surface area contributed by atoms with Crippen LogP contribution >= 0.6 is 11.8 Å². The van der Waals surface area contributed by atoms with Gasteiger partial charge in [-0.15, -0.1) is 11.8 Å². The molecule has 102 valence electrons. The minimum atomic E-state index is 0.0597. The van der Waals surface area contributed by atoms with Crippen molar-refractivity contribution in [2.75, 3.05) is 0 Å². The van der Waals surface area contributed by atoms with Crippen LogP contribution in [0.5, 0.6) is 0 Å². The van der Waals surface area contributed by atoms with Crippen LogP contribution in [-0.2, 0) is 9.54 Å². The van der Waals surface area contributed by atoms with E-state index in [0.29, 0.717) is 10.9 Å². The predicted octanol–water partition coefficient (Wildman–Crippen LogP) is 4.55. The van der Waals surface area contributed by atoms with E-state index in [0.717, 1.165) is 10.9 Å². The minimum Gasteiger partial charge on any atom is -0.211 e. The number of aryl methyl sites for hydroxylation is 1. The molecule has 4 rings (SSSR count). The van der Waals surface area contributed by atoms with Gasteiger partial charge in [0.1, 0.15) is 0 Å². The zero-order valence-electron chi connectivity index (χ0n) is 11.5. The van der Waals surface area contributed by atoms with Gasteiger partial charge in [-0.1, -0.05) is 48.6 Å². The Balaban J connectivity index is 2.03. The van der Waals surface area contributed by atoms with E-state index in [1.54, 1.807) is 6.08 Å². The van der Waals surface area contributed by atoms with Gasteiger partial charge in [0.2, 0.25) is 6.08 Å². The number of thioether (sulfide) groups is 1. The second-order valence-corrected chi connectivity index (χ2v) is 6.83. The van der Waals surface area contributed by atoms with Gasteiger partial charge in [0.05, 0.1) is 10.4 Å². The quantitative estimate of drug-likeness (QED) is 0.461. The third-order valence-electron chi connectivity index (χ3n) is 4.24. The van der Waals surface area contributed by atoms with Crippen LogP contribution in [0.3, 0.4) is 0 Å². The molecule has 2 nitrogen and oxygen atoms in total. The number of fused-ring (bicyclic) bond motifs is 2. The maximum atomic E-state index is 10.7. The van der Waals surface area contributed by atoms with E-state index >= 15 is 0 Å². The molecule has 0 saturated carbocycles. The molecule has 21 heavy (non-hydrogen) atoms. The fourth-order valence-electron chi connectivity index (χ4n) is 3.21. The Hall–Kier alpha value is -2.09. The number of benzene rings is 2. The Morgan fingerprint density at radius 2 is 2.14 bits per heavy atom. The maximum Gasteiger partial charge on any atom is 0.240 e. The molecular weight excluding hydrogens is 278 g/mol. The van der Waals surface area contributed by atoms with Crippen molar-refractivity contribution in [2.45, 2.75) is 16.9 Å². The molecule has 2 aliphatic rings. The molecule has 0 radical (unpaired) electrons. The highest BCUT2D eigenvalue weighted by Gasteiger charge is 2.54. The van der Waals surface area contributed by atoms with Gasteiger partial charge in [0.25, 0.3) is 0 Å². The van der Waals surface area contributed by atoms with Crippen molar-refractivity contribution in [2.24, 2.45) is 4.99 Å². The van der Waals surface area contributed by atoms with E-state index in [9.17, 15) is 4.79 Å². The number of nitrogens with zero attached hydrogens (tertiary/aromatic N) is 1. The molecule has 3 heteroatoms. The van der Waals surface area contributed by atoms with Gasteiger partial charge in [-0.2, -0.15) is 4.99 Å². The van der Waals surface area contributed by atoms with Crippen LogP contribution in [0, 0.1) is 6.92 Å². The molecule has 2 unspecified atom stereocenters. The smallest absolute Gasteiger partial charge is 0.211 e. The van der Waals surface area contributed by atoms with Gasteiger partial charge in [0.15, 0.2) is 0 Å². The van der Waals surface area contributed by atoms with Crippen LogP contribution in [0.15, 0.2) is 59.6 Å². The van der Waals surface area contributed by atoms with E-state index in [4.69, 9.17) is 0 Å². The molecule has 1 heterocycles. The summed E-state index contributed by atoms with van der Waals surface area (Å²) in [6.45, 7) is 2.06. The molecule has 1 aliphatic carbocycles. The number of isocyanates is 1. The van der Waals surface area contributed by atoms with Gasteiger partial charge in [-0.3, -0.25) is 0 Å². The summed E-state index contributed by atoms with van der Waals surface area (Å²) in [6.07, 6.45) is 10.4. The summed E-state index contributed by atoms with van der Waals surface area (Å²) in [6, 6.07) is 10.3. The predicted molar refractivity (Wildman–Crippen MR) is 87.8 cm³/mol. The second kappa shape index (κ2) is 4.45. The van der Waals surface area contributed by atoms with Crippen molar-refractivity contribution in [1.29, 1.82) is 0 Å². The third-order valence-corrected chi connectivity index (χ3v) is 5.77. The molecule has 0 spiro atoms. The van der Waals surface area contributed by atoms with Crippen LogP contribution in [0.25, 0.3) is 10.8 Å². The summed E-state index contributed by atoms with van der Waals surface area (Å²) in [5.74, 6) is 0. The van der Waals surface area contributed by atoms with Crippen molar-refractivity contribution in [1.82, 2.24) is 0 Å². The van der Waals surface area contributed by atoms with E-state index in [2.05, 4.69) is 60.5 Å². The zero-order chi connectivity index (χ0) is 14.4. The van der Waals surface area contributed by atoms with Crippen molar-refractivity contribution >= 4 is 34.3 Å². The van der Waals surface area contributed by atoms with E-state index in [1.807, 2.05) is 17.8 Å². The average Bonchev–Trinajstić information content (AvgIpc) is 3.23. The minimum absolute atomic E-state index is 0.0597. The van der Waals surface area contributed by atoms with Gasteiger partial charge in [-0.25, -0.2) is 4.79 Å². The highest BCUT2D eigenvalue weighted by atomic mass is 32.2. The third kappa shape index (κ3) is 1.75. The second-order valence-electron chi connectivity index (χ2n) is 5.41. The Morgan fingerprint density at radius 1 is 1.24 bits per heavy atom. The molecule has 2 aromatic rings. The first-order valence-electron chi connectivity index (χ1n) is 6.91. The topological polar surface area (TPSA) is 29.4 Å². The zero-order valence-corrected chi connectivity index (χ0v) is 12.4. The fraction of sp³-hybridized carbons (Fsp3) is 0.167. The number of aliphatic imine (C=N–C) groups is 1. The number of rotatable bonds is 2. The largest absolute Gasteiger partial charge is 0.240 e. The Bertz CT molecular complexity index is 861. The Morgan fingerprint density at radius 3 is 2.95 bits per heavy atom.